The first-order chi connectivity index (χ1) is 9.67. The van der Waals surface area contributed by atoms with Crippen LogP contribution in [0.25, 0.3) is 10.8 Å². The molecule has 0 N–H and O–H groups in total. The molecule has 1 atom stereocenters. The fraction of sp³-hybridized carbons (Fsp3) is 0.375. The molecule has 0 spiro atoms. The van der Waals surface area contributed by atoms with Crippen LogP contribution in [0.15, 0.2) is 36.5 Å². The number of fused-ring (bicyclic) bond motifs is 1. The molecule has 1 unspecified atom stereocenters. The van der Waals surface area contributed by atoms with Gasteiger partial charge < -0.3 is 9.64 Å². The van der Waals surface area contributed by atoms with Crippen molar-refractivity contribution in [3.05, 3.63) is 36.5 Å². The molecule has 1 aromatic heterocycles. The van der Waals surface area contributed by atoms with E-state index in [-0.39, 0.29) is 5.91 Å². The Bertz CT molecular complexity index is 589. The molecule has 106 valence electrons. The molecule has 4 nitrogen and oxygen atoms in total. The molecule has 0 saturated carbocycles. The largest absolute Gasteiger partial charge is 0.464 e. The van der Waals surface area contributed by atoms with E-state index in [0.29, 0.717) is 19.0 Å². The van der Waals surface area contributed by atoms with Gasteiger partial charge in [-0.15, -0.1) is 0 Å². The number of carbonyl (C=O) groups is 1. The number of benzene rings is 1. The SMILES string of the molecule is CCN(CC)C(=O)C(C)Oc1nccc2ccccc12. The third-order valence-electron chi connectivity index (χ3n) is 3.35. The van der Waals surface area contributed by atoms with Crippen molar-refractivity contribution in [1.82, 2.24) is 9.88 Å². The molecule has 0 fully saturated rings. The Kier molecular flexibility index (Phi) is 4.56. The lowest BCUT2D eigenvalue weighted by atomic mass is 10.2. The Labute approximate surface area is 119 Å². The van der Waals surface area contributed by atoms with Gasteiger partial charge >= 0.3 is 0 Å². The normalized spacial score (nSPS) is 12.2. The Morgan fingerprint density at radius 1 is 1.25 bits per heavy atom. The Morgan fingerprint density at radius 2 is 1.95 bits per heavy atom. The molecular formula is C16H20N2O2. The van der Waals surface area contributed by atoms with E-state index >= 15 is 0 Å². The Balaban J connectivity index is 2.22. The standard InChI is InChI=1S/C16H20N2O2/c1-4-18(5-2)16(19)12(3)20-15-14-9-7-6-8-13(14)10-11-17-15/h6-12H,4-5H2,1-3H3. The average Bonchev–Trinajstić information content (AvgIpc) is 2.48. The monoisotopic (exact) mass is 272 g/mol. The molecule has 20 heavy (non-hydrogen) atoms. The summed E-state index contributed by atoms with van der Waals surface area (Å²) in [5, 5.41) is 1.98. The summed E-state index contributed by atoms with van der Waals surface area (Å²) in [7, 11) is 0. The van der Waals surface area contributed by atoms with Gasteiger partial charge in [0.15, 0.2) is 6.10 Å². The number of ether oxygens (including phenoxy) is 1. The maximum absolute atomic E-state index is 12.2. The molecule has 2 aromatic rings. The summed E-state index contributed by atoms with van der Waals surface area (Å²) in [6.45, 7) is 7.07. The number of hydrogen-bond donors (Lipinski definition) is 0. The van der Waals surface area contributed by atoms with Gasteiger partial charge in [0.05, 0.1) is 0 Å². The van der Waals surface area contributed by atoms with Crippen LogP contribution in [0.3, 0.4) is 0 Å². The summed E-state index contributed by atoms with van der Waals surface area (Å²) < 4.78 is 5.77. The van der Waals surface area contributed by atoms with Gasteiger partial charge in [-0.1, -0.05) is 18.2 Å². The first-order valence-electron chi connectivity index (χ1n) is 6.96. The van der Waals surface area contributed by atoms with E-state index in [4.69, 9.17) is 4.74 Å². The van der Waals surface area contributed by atoms with Crippen molar-refractivity contribution in [2.75, 3.05) is 13.1 Å². The van der Waals surface area contributed by atoms with Gasteiger partial charge in [0.2, 0.25) is 5.88 Å². The highest BCUT2D eigenvalue weighted by Crippen LogP contribution is 2.23. The van der Waals surface area contributed by atoms with Crippen molar-refractivity contribution in [2.45, 2.75) is 26.9 Å². The molecule has 1 heterocycles. The molecule has 0 radical (unpaired) electrons. The predicted molar refractivity (Wildman–Crippen MR) is 79.8 cm³/mol. The zero-order valence-electron chi connectivity index (χ0n) is 12.2. The van der Waals surface area contributed by atoms with E-state index in [1.54, 1.807) is 18.0 Å². The van der Waals surface area contributed by atoms with Gasteiger partial charge in [0.25, 0.3) is 5.91 Å². The van der Waals surface area contributed by atoms with Crippen LogP contribution in [0.2, 0.25) is 0 Å². The third-order valence-corrected chi connectivity index (χ3v) is 3.35. The average molecular weight is 272 g/mol. The van der Waals surface area contributed by atoms with E-state index in [1.807, 2.05) is 44.2 Å². The van der Waals surface area contributed by atoms with Crippen molar-refractivity contribution in [3.63, 3.8) is 0 Å². The number of hydrogen-bond acceptors (Lipinski definition) is 3. The van der Waals surface area contributed by atoms with Crippen LogP contribution in [0.5, 0.6) is 5.88 Å². The summed E-state index contributed by atoms with van der Waals surface area (Å²) in [5.74, 6) is 0.501. The Morgan fingerprint density at radius 3 is 2.65 bits per heavy atom. The van der Waals surface area contributed by atoms with Crippen molar-refractivity contribution < 1.29 is 9.53 Å². The fourth-order valence-corrected chi connectivity index (χ4v) is 2.20. The minimum atomic E-state index is -0.534. The van der Waals surface area contributed by atoms with Crippen molar-refractivity contribution in [1.29, 1.82) is 0 Å². The van der Waals surface area contributed by atoms with Gasteiger partial charge in [-0.25, -0.2) is 4.98 Å². The molecule has 1 aromatic carbocycles. The van der Waals surface area contributed by atoms with Gasteiger partial charge in [-0.3, -0.25) is 4.79 Å². The number of rotatable bonds is 5. The second-order valence-electron chi connectivity index (χ2n) is 4.61. The smallest absolute Gasteiger partial charge is 0.263 e. The maximum Gasteiger partial charge on any atom is 0.263 e. The molecule has 0 aliphatic carbocycles. The van der Waals surface area contributed by atoms with Crippen LogP contribution in [0.1, 0.15) is 20.8 Å². The highest BCUT2D eigenvalue weighted by atomic mass is 16.5. The van der Waals surface area contributed by atoms with Crippen molar-refractivity contribution in [3.8, 4) is 5.88 Å². The molecular weight excluding hydrogens is 252 g/mol. The predicted octanol–water partition coefficient (Wildman–Crippen LogP) is 2.87. The highest BCUT2D eigenvalue weighted by molar-refractivity contribution is 5.87. The number of carbonyl (C=O) groups excluding carboxylic acids is 1. The zero-order chi connectivity index (χ0) is 14.5. The van der Waals surface area contributed by atoms with Gasteiger partial charge in [-0.2, -0.15) is 0 Å². The number of amides is 1. The highest BCUT2D eigenvalue weighted by Gasteiger charge is 2.20. The quantitative estimate of drug-likeness (QED) is 0.840. The first kappa shape index (κ1) is 14.3. The number of nitrogens with zero attached hydrogens (tertiary/aromatic N) is 2. The number of pyridine rings is 1. The summed E-state index contributed by atoms with van der Waals surface area (Å²) in [6, 6.07) is 9.79. The van der Waals surface area contributed by atoms with E-state index in [0.717, 1.165) is 10.8 Å². The summed E-state index contributed by atoms with van der Waals surface area (Å²) >= 11 is 0. The molecule has 2 rings (SSSR count). The van der Waals surface area contributed by atoms with Gasteiger partial charge in [0, 0.05) is 24.7 Å². The van der Waals surface area contributed by atoms with Crippen LogP contribution in [-0.4, -0.2) is 35.0 Å². The molecule has 0 aliphatic heterocycles. The molecule has 0 saturated heterocycles. The third kappa shape index (κ3) is 2.90. The summed E-state index contributed by atoms with van der Waals surface area (Å²) in [4.78, 5) is 18.2. The second kappa shape index (κ2) is 6.37. The van der Waals surface area contributed by atoms with Crippen molar-refractivity contribution >= 4 is 16.7 Å². The molecule has 0 bridgehead atoms. The van der Waals surface area contributed by atoms with E-state index in [9.17, 15) is 4.79 Å². The maximum atomic E-state index is 12.2. The molecule has 4 heteroatoms. The van der Waals surface area contributed by atoms with E-state index in [2.05, 4.69) is 4.98 Å². The molecule has 1 amide bonds. The lowest BCUT2D eigenvalue weighted by Gasteiger charge is -2.23. The summed E-state index contributed by atoms with van der Waals surface area (Å²) in [5.41, 5.74) is 0. The summed E-state index contributed by atoms with van der Waals surface area (Å²) in [6.07, 6.45) is 1.17. The zero-order valence-corrected chi connectivity index (χ0v) is 12.2. The fourth-order valence-electron chi connectivity index (χ4n) is 2.20. The van der Waals surface area contributed by atoms with E-state index < -0.39 is 6.10 Å². The van der Waals surface area contributed by atoms with Crippen LogP contribution in [0, 0.1) is 0 Å². The second-order valence-corrected chi connectivity index (χ2v) is 4.61. The number of aromatic nitrogens is 1. The Hall–Kier alpha value is -2.10. The lowest BCUT2D eigenvalue weighted by molar-refractivity contribution is -0.137. The lowest BCUT2D eigenvalue weighted by Crippen LogP contribution is -2.40. The first-order valence-corrected chi connectivity index (χ1v) is 6.96. The minimum Gasteiger partial charge on any atom is -0.464 e. The van der Waals surface area contributed by atoms with Crippen LogP contribution in [-0.2, 0) is 4.79 Å². The van der Waals surface area contributed by atoms with Crippen LogP contribution in [0.4, 0.5) is 0 Å². The van der Waals surface area contributed by atoms with Gasteiger partial charge in [-0.05, 0) is 38.3 Å². The molecule has 0 aliphatic rings. The number of likely N-dealkylation sites (N-methyl/N-ethyl adjacent to an activating group) is 1. The topological polar surface area (TPSA) is 42.4 Å². The van der Waals surface area contributed by atoms with Crippen LogP contribution >= 0.6 is 0 Å². The van der Waals surface area contributed by atoms with Gasteiger partial charge in [0.1, 0.15) is 0 Å². The van der Waals surface area contributed by atoms with Crippen LogP contribution < -0.4 is 4.74 Å². The van der Waals surface area contributed by atoms with E-state index in [1.165, 1.54) is 0 Å². The minimum absolute atomic E-state index is 0.00951. The van der Waals surface area contributed by atoms with Crippen molar-refractivity contribution in [2.24, 2.45) is 0 Å².